The Kier molecular flexibility index (Phi) is 5.64. The zero-order chi connectivity index (χ0) is 12.0. The molecule has 1 rings (SSSR count). The smallest absolute Gasteiger partial charge is 0.317 e. The summed E-state index contributed by atoms with van der Waals surface area (Å²) in [5.74, 6) is 0.712. The number of rotatable bonds is 4. The third-order valence-corrected chi connectivity index (χ3v) is 3.49. The van der Waals surface area contributed by atoms with E-state index in [1.165, 1.54) is 32.1 Å². The Bertz CT molecular complexity index is 210. The number of urea groups is 1. The van der Waals surface area contributed by atoms with E-state index >= 15 is 0 Å². The van der Waals surface area contributed by atoms with Gasteiger partial charge in [0.05, 0.1) is 0 Å². The number of hydrogen-bond donors (Lipinski definition) is 1. The van der Waals surface area contributed by atoms with Crippen molar-refractivity contribution in [2.75, 3.05) is 13.1 Å². The van der Waals surface area contributed by atoms with E-state index in [-0.39, 0.29) is 12.1 Å². The number of hydrogen-bond acceptors (Lipinski definition) is 1. The average Bonchev–Trinajstić information content (AvgIpc) is 2.28. The van der Waals surface area contributed by atoms with E-state index in [1.54, 1.807) is 0 Å². The quantitative estimate of drug-likeness (QED) is 0.785. The number of amides is 2. The number of carbonyl (C=O) groups excluding carboxylic acids is 1. The second-order valence-electron chi connectivity index (χ2n) is 5.07. The molecule has 0 atom stereocenters. The van der Waals surface area contributed by atoms with Crippen molar-refractivity contribution in [2.45, 2.75) is 58.9 Å². The summed E-state index contributed by atoms with van der Waals surface area (Å²) in [5, 5.41) is 3.07. The van der Waals surface area contributed by atoms with Crippen molar-refractivity contribution in [1.29, 1.82) is 0 Å². The molecule has 0 spiro atoms. The van der Waals surface area contributed by atoms with Crippen LogP contribution < -0.4 is 5.32 Å². The van der Waals surface area contributed by atoms with Gasteiger partial charge in [-0.05, 0) is 39.5 Å². The largest absolute Gasteiger partial charge is 0.338 e. The van der Waals surface area contributed by atoms with Crippen molar-refractivity contribution in [3.05, 3.63) is 0 Å². The predicted octanol–water partition coefficient (Wildman–Crippen LogP) is 3.01. The van der Waals surface area contributed by atoms with E-state index in [1.807, 2.05) is 11.8 Å². The summed E-state index contributed by atoms with van der Waals surface area (Å²) in [7, 11) is 0. The highest BCUT2D eigenvalue weighted by molar-refractivity contribution is 5.74. The summed E-state index contributed by atoms with van der Waals surface area (Å²) in [5.41, 5.74) is 0. The van der Waals surface area contributed by atoms with Gasteiger partial charge in [-0.3, -0.25) is 0 Å². The van der Waals surface area contributed by atoms with Gasteiger partial charge < -0.3 is 10.2 Å². The summed E-state index contributed by atoms with van der Waals surface area (Å²) >= 11 is 0. The summed E-state index contributed by atoms with van der Waals surface area (Å²) in [6, 6.07) is 0.388. The molecular formula is C13H26N2O. The number of nitrogens with zero attached hydrogens (tertiary/aromatic N) is 1. The Balaban J connectivity index is 2.27. The van der Waals surface area contributed by atoms with Crippen LogP contribution in [0.2, 0.25) is 0 Å². The average molecular weight is 226 g/mol. The summed E-state index contributed by atoms with van der Waals surface area (Å²) < 4.78 is 0. The number of carbonyl (C=O) groups is 1. The third-order valence-electron chi connectivity index (χ3n) is 3.49. The molecule has 1 saturated carbocycles. The summed E-state index contributed by atoms with van der Waals surface area (Å²) in [6.45, 7) is 7.80. The van der Waals surface area contributed by atoms with Gasteiger partial charge in [0, 0.05) is 19.1 Å². The van der Waals surface area contributed by atoms with Crippen LogP contribution in [0.25, 0.3) is 0 Å². The lowest BCUT2D eigenvalue weighted by Crippen LogP contribution is -2.45. The Morgan fingerprint density at radius 1 is 1.31 bits per heavy atom. The normalized spacial score (nSPS) is 17.5. The van der Waals surface area contributed by atoms with Gasteiger partial charge in [-0.1, -0.05) is 19.3 Å². The highest BCUT2D eigenvalue weighted by Gasteiger charge is 2.17. The highest BCUT2D eigenvalue weighted by atomic mass is 16.2. The first-order valence-electron chi connectivity index (χ1n) is 6.69. The van der Waals surface area contributed by atoms with Gasteiger partial charge >= 0.3 is 6.03 Å². The molecule has 3 heteroatoms. The zero-order valence-electron chi connectivity index (χ0n) is 11.0. The second kappa shape index (κ2) is 6.77. The third kappa shape index (κ3) is 4.03. The molecular weight excluding hydrogens is 200 g/mol. The van der Waals surface area contributed by atoms with Crippen LogP contribution in [0, 0.1) is 5.92 Å². The molecule has 0 aromatic carbocycles. The van der Waals surface area contributed by atoms with E-state index in [0.29, 0.717) is 5.92 Å². The first-order chi connectivity index (χ1) is 7.65. The van der Waals surface area contributed by atoms with Gasteiger partial charge in [-0.25, -0.2) is 4.79 Å². The first kappa shape index (κ1) is 13.3. The van der Waals surface area contributed by atoms with Gasteiger partial charge in [0.2, 0.25) is 0 Å². The van der Waals surface area contributed by atoms with Crippen LogP contribution >= 0.6 is 0 Å². The molecule has 0 heterocycles. The van der Waals surface area contributed by atoms with Crippen molar-refractivity contribution in [2.24, 2.45) is 5.92 Å². The minimum absolute atomic E-state index is 0.100. The molecule has 0 radical (unpaired) electrons. The monoisotopic (exact) mass is 226 g/mol. The fourth-order valence-corrected chi connectivity index (χ4v) is 2.47. The van der Waals surface area contributed by atoms with Gasteiger partial charge in [0.15, 0.2) is 0 Å². The van der Waals surface area contributed by atoms with E-state index in [2.05, 4.69) is 19.2 Å². The Morgan fingerprint density at radius 2 is 1.94 bits per heavy atom. The van der Waals surface area contributed by atoms with Crippen LogP contribution in [0.3, 0.4) is 0 Å². The lowest BCUT2D eigenvalue weighted by molar-refractivity contribution is 0.183. The molecule has 3 nitrogen and oxygen atoms in total. The predicted molar refractivity (Wildman–Crippen MR) is 67.5 cm³/mol. The highest BCUT2D eigenvalue weighted by Crippen LogP contribution is 2.22. The molecule has 0 unspecified atom stereocenters. The fourth-order valence-electron chi connectivity index (χ4n) is 2.47. The van der Waals surface area contributed by atoms with Crippen molar-refractivity contribution in [3.63, 3.8) is 0 Å². The molecule has 0 aromatic heterocycles. The van der Waals surface area contributed by atoms with Gasteiger partial charge in [0.1, 0.15) is 0 Å². The van der Waals surface area contributed by atoms with Crippen molar-refractivity contribution < 1.29 is 4.79 Å². The maximum atomic E-state index is 11.9. The summed E-state index contributed by atoms with van der Waals surface area (Å²) in [6.07, 6.45) is 6.62. The maximum absolute atomic E-state index is 11.9. The van der Waals surface area contributed by atoms with Crippen molar-refractivity contribution in [3.8, 4) is 0 Å². The van der Waals surface area contributed by atoms with Crippen LogP contribution in [0.15, 0.2) is 0 Å². The topological polar surface area (TPSA) is 32.3 Å². The molecule has 1 aliphatic carbocycles. The van der Waals surface area contributed by atoms with Crippen molar-refractivity contribution >= 4 is 6.03 Å². The Morgan fingerprint density at radius 3 is 2.44 bits per heavy atom. The molecule has 2 amide bonds. The number of nitrogens with one attached hydrogen (secondary N) is 1. The van der Waals surface area contributed by atoms with Crippen LogP contribution in [-0.2, 0) is 0 Å². The lowest BCUT2D eigenvalue weighted by Gasteiger charge is -2.27. The molecule has 0 bridgehead atoms. The molecule has 1 N–H and O–H groups in total. The second-order valence-corrected chi connectivity index (χ2v) is 5.07. The van der Waals surface area contributed by atoms with Gasteiger partial charge in [-0.2, -0.15) is 0 Å². The Labute approximate surface area is 99.6 Å². The fraction of sp³-hybridized carbons (Fsp3) is 0.923. The SMILES string of the molecule is CCN(C(=O)NCC1CCCCC1)C(C)C. The first-order valence-corrected chi connectivity index (χ1v) is 6.69. The van der Waals surface area contributed by atoms with Crippen LogP contribution in [0.1, 0.15) is 52.9 Å². The molecule has 16 heavy (non-hydrogen) atoms. The minimum Gasteiger partial charge on any atom is -0.338 e. The minimum atomic E-state index is 0.100. The van der Waals surface area contributed by atoms with Crippen LogP contribution in [0.4, 0.5) is 4.79 Å². The molecule has 1 aliphatic rings. The lowest BCUT2D eigenvalue weighted by atomic mass is 9.89. The molecule has 0 saturated heterocycles. The maximum Gasteiger partial charge on any atom is 0.317 e. The molecule has 0 aliphatic heterocycles. The molecule has 1 fully saturated rings. The van der Waals surface area contributed by atoms with E-state index in [0.717, 1.165) is 13.1 Å². The Hall–Kier alpha value is -0.730. The molecule has 94 valence electrons. The van der Waals surface area contributed by atoms with Crippen molar-refractivity contribution in [1.82, 2.24) is 10.2 Å². The molecule has 0 aromatic rings. The van der Waals surface area contributed by atoms with Gasteiger partial charge in [0.25, 0.3) is 0 Å². The van der Waals surface area contributed by atoms with Crippen LogP contribution in [0.5, 0.6) is 0 Å². The van der Waals surface area contributed by atoms with E-state index in [9.17, 15) is 4.79 Å². The van der Waals surface area contributed by atoms with Crippen LogP contribution in [-0.4, -0.2) is 30.1 Å². The van der Waals surface area contributed by atoms with E-state index < -0.39 is 0 Å². The zero-order valence-corrected chi connectivity index (χ0v) is 11.0. The van der Waals surface area contributed by atoms with E-state index in [4.69, 9.17) is 0 Å². The summed E-state index contributed by atoms with van der Waals surface area (Å²) in [4.78, 5) is 13.8. The standard InChI is InChI=1S/C13H26N2O/c1-4-15(11(2)3)13(16)14-10-12-8-6-5-7-9-12/h11-12H,4-10H2,1-3H3,(H,14,16). The van der Waals surface area contributed by atoms with Gasteiger partial charge in [-0.15, -0.1) is 0 Å².